The number of para-hydroxylation sites is 1. The summed E-state index contributed by atoms with van der Waals surface area (Å²) in [6, 6.07) is 19.2. The normalized spacial score (nSPS) is 10.7. The number of unbranched alkanes of at least 4 members (excludes halogenated alkanes) is 5. The summed E-state index contributed by atoms with van der Waals surface area (Å²) in [7, 11) is -4.38. The van der Waals surface area contributed by atoms with E-state index < -0.39 is 10.1 Å². The van der Waals surface area contributed by atoms with Gasteiger partial charge in [0.2, 0.25) is 0 Å². The van der Waals surface area contributed by atoms with Crippen molar-refractivity contribution >= 4 is 20.9 Å². The van der Waals surface area contributed by atoms with Gasteiger partial charge in [-0.25, -0.2) is 8.42 Å². The largest absolute Gasteiger partial charge is 1.00 e. The van der Waals surface area contributed by atoms with Crippen LogP contribution in [0.5, 0.6) is 5.75 Å². The zero-order chi connectivity index (χ0) is 21.1. The Balaban J connectivity index is 0.000000291. The number of hydrogen-bond acceptors (Lipinski definition) is 4. The molecule has 0 unspecified atom stereocenters. The minimum absolute atomic E-state index is 0. The molecule has 0 bridgehead atoms. The first-order valence-corrected chi connectivity index (χ1v) is 11.5. The maximum Gasteiger partial charge on any atom is 1.00 e. The van der Waals surface area contributed by atoms with Crippen LogP contribution in [0.25, 0.3) is 10.8 Å². The summed E-state index contributed by atoms with van der Waals surface area (Å²) >= 11 is 0. The van der Waals surface area contributed by atoms with Gasteiger partial charge in [0.05, 0.1) is 4.90 Å². The van der Waals surface area contributed by atoms with Crippen molar-refractivity contribution < 1.29 is 47.6 Å². The van der Waals surface area contributed by atoms with Crippen LogP contribution in [0.2, 0.25) is 0 Å². The molecule has 3 rings (SSSR count). The molecule has 0 atom stereocenters. The fraction of sp³-hybridized carbons (Fsp3) is 0.333. The molecule has 30 heavy (non-hydrogen) atoms. The van der Waals surface area contributed by atoms with Crippen LogP contribution in [0, 0.1) is 0 Å². The van der Waals surface area contributed by atoms with Crippen molar-refractivity contribution in [1.29, 1.82) is 0 Å². The topological polar surface area (TPSA) is 77.4 Å². The van der Waals surface area contributed by atoms with Crippen LogP contribution >= 0.6 is 0 Å². The van der Waals surface area contributed by atoms with E-state index in [9.17, 15) is 18.1 Å². The number of aromatic hydroxyl groups is 1. The molecule has 0 amide bonds. The Morgan fingerprint density at radius 3 is 2.10 bits per heavy atom. The van der Waals surface area contributed by atoms with E-state index in [2.05, 4.69) is 6.92 Å². The molecule has 0 aliphatic heterocycles. The molecule has 0 aromatic heterocycles. The van der Waals surface area contributed by atoms with Crippen molar-refractivity contribution in [1.82, 2.24) is 0 Å². The third-order valence-electron chi connectivity index (χ3n) is 4.81. The molecule has 1 N–H and O–H groups in total. The summed E-state index contributed by atoms with van der Waals surface area (Å²) < 4.78 is 32.7. The van der Waals surface area contributed by atoms with Gasteiger partial charge in [-0.15, -0.1) is 0 Å². The first-order chi connectivity index (χ1) is 13.9. The Hall–Kier alpha value is -1.37. The van der Waals surface area contributed by atoms with Crippen molar-refractivity contribution in [2.45, 2.75) is 56.8 Å². The zero-order valence-electron chi connectivity index (χ0n) is 17.9. The Labute approximate surface area is 202 Å². The number of phenols is 1. The van der Waals surface area contributed by atoms with Crippen molar-refractivity contribution in [3.05, 3.63) is 72.3 Å². The molecule has 0 radical (unpaired) electrons. The third-order valence-corrected chi connectivity index (χ3v) is 5.70. The summed E-state index contributed by atoms with van der Waals surface area (Å²) in [5.41, 5.74) is 1.09. The van der Waals surface area contributed by atoms with Gasteiger partial charge >= 0.3 is 29.6 Å². The Morgan fingerprint density at radius 2 is 1.40 bits per heavy atom. The molecule has 4 nitrogen and oxygen atoms in total. The molecule has 0 fully saturated rings. The zero-order valence-corrected chi connectivity index (χ0v) is 20.7. The molecule has 3 aromatic carbocycles. The Kier molecular flexibility index (Phi) is 12.3. The molecular formula is C24H29NaO4S. The van der Waals surface area contributed by atoms with E-state index in [1.165, 1.54) is 44.6 Å². The van der Waals surface area contributed by atoms with Gasteiger partial charge in [-0.05, 0) is 41.3 Å². The average Bonchev–Trinajstić information content (AvgIpc) is 2.71. The fourth-order valence-electron chi connectivity index (χ4n) is 3.23. The molecule has 3 aromatic rings. The quantitative estimate of drug-likeness (QED) is 0.335. The van der Waals surface area contributed by atoms with Crippen molar-refractivity contribution in [2.24, 2.45) is 0 Å². The number of benzene rings is 3. The number of rotatable bonds is 8. The Morgan fingerprint density at radius 1 is 0.800 bits per heavy atom. The van der Waals surface area contributed by atoms with E-state index >= 15 is 0 Å². The van der Waals surface area contributed by atoms with Gasteiger partial charge in [0, 0.05) is 0 Å². The van der Waals surface area contributed by atoms with Gasteiger partial charge in [0.15, 0.2) is 0 Å². The van der Waals surface area contributed by atoms with E-state index in [4.69, 9.17) is 0 Å². The van der Waals surface area contributed by atoms with Crippen LogP contribution in [0.3, 0.4) is 0 Å². The summed E-state index contributed by atoms with van der Waals surface area (Å²) in [6.07, 6.45) is 8.85. The second kappa shape index (κ2) is 13.8. The van der Waals surface area contributed by atoms with E-state index in [0.717, 1.165) is 17.4 Å². The molecule has 156 valence electrons. The molecule has 0 saturated carbocycles. The van der Waals surface area contributed by atoms with Crippen LogP contribution < -0.4 is 29.6 Å². The second-order valence-corrected chi connectivity index (χ2v) is 8.43. The number of phenolic OH excluding ortho intramolecular Hbond substituents is 1. The minimum atomic E-state index is -4.38. The van der Waals surface area contributed by atoms with E-state index in [1.807, 2.05) is 18.2 Å². The number of aryl methyl sites for hydroxylation is 1. The summed E-state index contributed by atoms with van der Waals surface area (Å²) in [4.78, 5) is -0.157. The molecule has 0 heterocycles. The van der Waals surface area contributed by atoms with Crippen LogP contribution in [0.15, 0.2) is 71.6 Å². The first kappa shape index (κ1) is 26.7. The first-order valence-electron chi connectivity index (χ1n) is 10.1. The van der Waals surface area contributed by atoms with E-state index in [0.29, 0.717) is 11.1 Å². The number of fused-ring (bicyclic) bond motifs is 1. The minimum Gasteiger partial charge on any atom is -0.744 e. The Bertz CT molecular complexity index is 998. The van der Waals surface area contributed by atoms with Gasteiger partial charge in [-0.2, -0.15) is 0 Å². The maximum absolute atomic E-state index is 10.9. The molecular weight excluding hydrogens is 407 g/mol. The van der Waals surface area contributed by atoms with Gasteiger partial charge < -0.3 is 9.66 Å². The summed E-state index contributed by atoms with van der Waals surface area (Å²) in [5.74, 6) is 0.450. The van der Waals surface area contributed by atoms with E-state index in [-0.39, 0.29) is 34.5 Å². The van der Waals surface area contributed by atoms with Crippen LogP contribution in [0.1, 0.15) is 51.0 Å². The van der Waals surface area contributed by atoms with Gasteiger partial charge in [0.1, 0.15) is 15.9 Å². The summed E-state index contributed by atoms with van der Waals surface area (Å²) in [5, 5.41) is 10.8. The van der Waals surface area contributed by atoms with Crippen molar-refractivity contribution in [2.75, 3.05) is 0 Å². The molecule has 6 heteroatoms. The molecule has 0 aliphatic carbocycles. The molecule has 0 spiro atoms. The SMILES string of the molecule is CCCCCCCCc1ccccc1O.O=S(=O)([O-])c1cccc2ccccc12.[Na+]. The standard InChI is InChI=1S/C14H22O.C10H8O3S.Na/c1-2-3-4-5-6-7-10-13-11-8-9-12-14(13)15;11-14(12,13)10-7-3-5-8-4-1-2-6-9(8)10;/h8-9,11-12,15H,2-7,10H2,1H3;1-7H,(H,11,12,13);/q;;+1/p-1. The third kappa shape index (κ3) is 8.78. The van der Waals surface area contributed by atoms with Crippen LogP contribution in [0.4, 0.5) is 0 Å². The van der Waals surface area contributed by atoms with Gasteiger partial charge in [0.25, 0.3) is 0 Å². The van der Waals surface area contributed by atoms with Gasteiger partial charge in [-0.1, -0.05) is 93.6 Å². The van der Waals surface area contributed by atoms with E-state index in [1.54, 1.807) is 42.5 Å². The van der Waals surface area contributed by atoms with Crippen LogP contribution in [-0.2, 0) is 16.5 Å². The fourth-order valence-corrected chi connectivity index (χ4v) is 3.93. The monoisotopic (exact) mass is 436 g/mol. The average molecular weight is 437 g/mol. The molecule has 0 aliphatic rings. The van der Waals surface area contributed by atoms with Crippen LogP contribution in [-0.4, -0.2) is 18.1 Å². The number of hydrogen-bond donors (Lipinski definition) is 1. The van der Waals surface area contributed by atoms with Crippen molar-refractivity contribution in [3.8, 4) is 5.75 Å². The predicted octanol–water partition coefficient (Wildman–Crippen LogP) is 3.04. The van der Waals surface area contributed by atoms with Crippen molar-refractivity contribution in [3.63, 3.8) is 0 Å². The maximum atomic E-state index is 10.9. The second-order valence-electron chi connectivity index (χ2n) is 7.08. The van der Waals surface area contributed by atoms with Gasteiger partial charge in [-0.3, -0.25) is 0 Å². The predicted molar refractivity (Wildman–Crippen MR) is 117 cm³/mol. The molecule has 0 saturated heterocycles. The summed E-state index contributed by atoms with van der Waals surface area (Å²) in [6.45, 7) is 2.24. The smallest absolute Gasteiger partial charge is 0.744 e.